The van der Waals surface area contributed by atoms with Crippen LogP contribution in [-0.4, -0.2) is 37.2 Å². The summed E-state index contributed by atoms with van der Waals surface area (Å²) in [6, 6.07) is 0. The number of allylic oxidation sites excluding steroid dienone is 4. The zero-order chi connectivity index (χ0) is 45.1. The Morgan fingerprint density at radius 1 is 0.323 bits per heavy atom. The molecule has 0 bridgehead atoms. The minimum absolute atomic E-state index is 0.0721. The summed E-state index contributed by atoms with van der Waals surface area (Å²) in [6.07, 6.45) is 58.8. The summed E-state index contributed by atoms with van der Waals surface area (Å²) >= 11 is 0. The normalized spacial score (nSPS) is 12.1. The first-order valence-corrected chi connectivity index (χ1v) is 27.3. The lowest BCUT2D eigenvalue weighted by Crippen LogP contribution is -2.30. The highest BCUT2D eigenvalue weighted by Crippen LogP contribution is 2.16. The van der Waals surface area contributed by atoms with E-state index in [4.69, 9.17) is 14.2 Å². The average molecular weight is 873 g/mol. The third-order valence-electron chi connectivity index (χ3n) is 12.2. The maximum Gasteiger partial charge on any atom is 0.306 e. The Bertz CT molecular complexity index is 1000. The number of hydrogen-bond acceptors (Lipinski definition) is 6. The molecule has 0 radical (unpaired) electrons. The summed E-state index contributed by atoms with van der Waals surface area (Å²) in [6.45, 7) is 6.63. The van der Waals surface area contributed by atoms with E-state index in [-0.39, 0.29) is 31.1 Å². The summed E-state index contributed by atoms with van der Waals surface area (Å²) in [5.74, 6) is -0.872. The largest absolute Gasteiger partial charge is 0.462 e. The van der Waals surface area contributed by atoms with Gasteiger partial charge in [0, 0.05) is 19.3 Å². The predicted molar refractivity (Wildman–Crippen MR) is 266 cm³/mol. The average Bonchev–Trinajstić information content (AvgIpc) is 3.27. The van der Waals surface area contributed by atoms with Crippen molar-refractivity contribution in [3.8, 4) is 0 Å². The molecule has 1 unspecified atom stereocenters. The molecule has 0 fully saturated rings. The van der Waals surface area contributed by atoms with Crippen LogP contribution in [0.15, 0.2) is 24.3 Å². The number of unbranched alkanes of at least 4 members (excludes halogenated alkanes) is 35. The molecule has 0 amide bonds. The maximum atomic E-state index is 12.8. The Hall–Kier alpha value is -2.11. The first-order chi connectivity index (χ1) is 30.5. The van der Waals surface area contributed by atoms with Crippen molar-refractivity contribution >= 4 is 17.9 Å². The molecule has 364 valence electrons. The van der Waals surface area contributed by atoms with Crippen LogP contribution in [0.1, 0.15) is 297 Å². The highest BCUT2D eigenvalue weighted by molar-refractivity contribution is 5.71. The number of ether oxygens (including phenoxy) is 3. The van der Waals surface area contributed by atoms with Crippen LogP contribution in [0.25, 0.3) is 0 Å². The molecule has 0 N–H and O–H groups in total. The summed E-state index contributed by atoms with van der Waals surface area (Å²) in [5, 5.41) is 0. The Balaban J connectivity index is 4.26. The van der Waals surface area contributed by atoms with E-state index in [0.717, 1.165) is 77.0 Å². The second-order valence-corrected chi connectivity index (χ2v) is 18.5. The van der Waals surface area contributed by atoms with E-state index >= 15 is 0 Å². The zero-order valence-electron chi connectivity index (χ0n) is 41.7. The van der Waals surface area contributed by atoms with Gasteiger partial charge in [-0.25, -0.2) is 0 Å². The van der Waals surface area contributed by atoms with Crippen molar-refractivity contribution in [2.45, 2.75) is 303 Å². The Kier molecular flexibility index (Phi) is 49.8. The zero-order valence-corrected chi connectivity index (χ0v) is 41.7. The van der Waals surface area contributed by atoms with Crippen molar-refractivity contribution < 1.29 is 28.6 Å². The highest BCUT2D eigenvalue weighted by atomic mass is 16.6. The highest BCUT2D eigenvalue weighted by Gasteiger charge is 2.19. The van der Waals surface area contributed by atoms with Gasteiger partial charge in [-0.2, -0.15) is 0 Å². The van der Waals surface area contributed by atoms with Gasteiger partial charge in [-0.3, -0.25) is 14.4 Å². The van der Waals surface area contributed by atoms with Crippen molar-refractivity contribution in [3.63, 3.8) is 0 Å². The lowest BCUT2D eigenvalue weighted by Gasteiger charge is -2.18. The van der Waals surface area contributed by atoms with E-state index in [2.05, 4.69) is 45.1 Å². The number of esters is 3. The monoisotopic (exact) mass is 873 g/mol. The molecule has 1 atom stereocenters. The molecule has 0 rings (SSSR count). The molecule has 62 heavy (non-hydrogen) atoms. The maximum absolute atomic E-state index is 12.8. The van der Waals surface area contributed by atoms with Gasteiger partial charge in [0.05, 0.1) is 0 Å². The smallest absolute Gasteiger partial charge is 0.306 e. The molecular formula is C56H104O6. The van der Waals surface area contributed by atoms with E-state index in [1.165, 1.54) is 180 Å². The molecule has 0 heterocycles. The lowest BCUT2D eigenvalue weighted by molar-refractivity contribution is -0.167. The molecule has 0 aromatic rings. The molecule has 0 aromatic heterocycles. The molecular weight excluding hydrogens is 769 g/mol. The fourth-order valence-electron chi connectivity index (χ4n) is 8.06. The first kappa shape index (κ1) is 59.9. The fourth-order valence-corrected chi connectivity index (χ4v) is 8.06. The van der Waals surface area contributed by atoms with Gasteiger partial charge in [-0.05, 0) is 51.4 Å². The minimum atomic E-state index is -0.772. The topological polar surface area (TPSA) is 78.9 Å². The number of hydrogen-bond donors (Lipinski definition) is 0. The second-order valence-electron chi connectivity index (χ2n) is 18.5. The Morgan fingerprint density at radius 3 is 0.903 bits per heavy atom. The van der Waals surface area contributed by atoms with Gasteiger partial charge < -0.3 is 14.2 Å². The van der Waals surface area contributed by atoms with Crippen LogP contribution in [0.2, 0.25) is 0 Å². The lowest BCUT2D eigenvalue weighted by atomic mass is 10.0. The first-order valence-electron chi connectivity index (χ1n) is 27.3. The van der Waals surface area contributed by atoms with Crippen molar-refractivity contribution in [1.29, 1.82) is 0 Å². The van der Waals surface area contributed by atoms with Crippen molar-refractivity contribution in [1.82, 2.24) is 0 Å². The van der Waals surface area contributed by atoms with Crippen LogP contribution in [0.3, 0.4) is 0 Å². The second kappa shape index (κ2) is 51.5. The van der Waals surface area contributed by atoms with E-state index in [0.29, 0.717) is 19.3 Å². The Labute approximate surface area is 385 Å². The van der Waals surface area contributed by atoms with E-state index in [1.54, 1.807) is 0 Å². The summed E-state index contributed by atoms with van der Waals surface area (Å²) in [5.41, 5.74) is 0. The third kappa shape index (κ3) is 48.9. The van der Waals surface area contributed by atoms with Crippen molar-refractivity contribution in [2.24, 2.45) is 0 Å². The quantitative estimate of drug-likeness (QED) is 0.0262. The van der Waals surface area contributed by atoms with Crippen molar-refractivity contribution in [3.05, 3.63) is 24.3 Å². The molecule has 0 aliphatic carbocycles. The van der Waals surface area contributed by atoms with Gasteiger partial charge >= 0.3 is 17.9 Å². The predicted octanol–water partition coefficient (Wildman–Crippen LogP) is 17.9. The molecule has 0 aliphatic heterocycles. The van der Waals surface area contributed by atoms with Crippen LogP contribution in [0.5, 0.6) is 0 Å². The van der Waals surface area contributed by atoms with Crippen molar-refractivity contribution in [2.75, 3.05) is 13.2 Å². The van der Waals surface area contributed by atoms with E-state index in [9.17, 15) is 14.4 Å². The van der Waals surface area contributed by atoms with Gasteiger partial charge in [-0.15, -0.1) is 0 Å². The minimum Gasteiger partial charge on any atom is -0.462 e. The fraction of sp³-hybridized carbons (Fsp3) is 0.875. The number of carbonyl (C=O) groups is 3. The summed E-state index contributed by atoms with van der Waals surface area (Å²) in [4.78, 5) is 37.9. The number of carbonyl (C=O) groups excluding carboxylic acids is 3. The van der Waals surface area contributed by atoms with Gasteiger partial charge in [-0.1, -0.05) is 251 Å². The van der Waals surface area contributed by atoms with Crippen LogP contribution in [0.4, 0.5) is 0 Å². The third-order valence-corrected chi connectivity index (χ3v) is 12.2. The van der Waals surface area contributed by atoms with Gasteiger partial charge in [0.1, 0.15) is 13.2 Å². The molecule has 0 saturated carbocycles. The molecule has 6 heteroatoms. The SMILES string of the molecule is CCCCCC/C=C\C/C=C\CCCCCCCC(=O)OC(COC(=O)CCCCCCCCCCC)COC(=O)CCCCCCCCCCCCCCCCCCCCC. The molecule has 0 aromatic carbocycles. The van der Waals surface area contributed by atoms with Gasteiger partial charge in [0.15, 0.2) is 6.10 Å². The molecule has 6 nitrogen and oxygen atoms in total. The van der Waals surface area contributed by atoms with E-state index < -0.39 is 6.10 Å². The van der Waals surface area contributed by atoms with Crippen LogP contribution < -0.4 is 0 Å². The molecule has 0 spiro atoms. The van der Waals surface area contributed by atoms with E-state index in [1.807, 2.05) is 0 Å². The standard InChI is InChI=1S/C56H104O6/c1-4-7-10-13-16-19-21-23-25-27-28-29-31-32-34-37-40-43-46-49-55(58)61-52-53(51-60-54(57)48-45-42-39-36-18-15-12-9-6-3)62-56(59)50-47-44-41-38-35-33-30-26-24-22-20-17-14-11-8-5-2/h20,22,26,30,53H,4-19,21,23-25,27-29,31-52H2,1-3H3/b22-20-,30-26-. The van der Waals surface area contributed by atoms with Crippen LogP contribution in [0, 0.1) is 0 Å². The summed E-state index contributed by atoms with van der Waals surface area (Å²) < 4.78 is 16.8. The van der Waals surface area contributed by atoms with Gasteiger partial charge in [0.2, 0.25) is 0 Å². The summed E-state index contributed by atoms with van der Waals surface area (Å²) in [7, 11) is 0. The Morgan fingerprint density at radius 2 is 0.581 bits per heavy atom. The van der Waals surface area contributed by atoms with Gasteiger partial charge in [0.25, 0.3) is 0 Å². The number of rotatable bonds is 50. The molecule has 0 aliphatic rings. The molecule has 0 saturated heterocycles. The van der Waals surface area contributed by atoms with Crippen LogP contribution in [-0.2, 0) is 28.6 Å². The van der Waals surface area contributed by atoms with Crippen LogP contribution >= 0.6 is 0 Å².